The van der Waals surface area contributed by atoms with Crippen LogP contribution in [0.1, 0.15) is 104 Å². The molecule has 3 fully saturated rings. The molecule has 3 rings (SSSR count). The van der Waals surface area contributed by atoms with Crippen LogP contribution in [0.3, 0.4) is 0 Å². The molecule has 2 saturated heterocycles. The highest BCUT2D eigenvalue weighted by Crippen LogP contribution is 2.73. The van der Waals surface area contributed by atoms with Gasteiger partial charge in [-0.05, 0) is 31.2 Å². The summed E-state index contributed by atoms with van der Waals surface area (Å²) in [5, 5.41) is 0. The maximum atomic E-state index is 3.04. The maximum Gasteiger partial charge on any atom is 0.171 e. The molecule has 2 heterocycles. The largest absolute Gasteiger partial charge is 0.347 e. The molecular formula is C22H44B3N. The van der Waals surface area contributed by atoms with Crippen molar-refractivity contribution in [1.82, 2.24) is 4.81 Å². The van der Waals surface area contributed by atoms with Gasteiger partial charge in [0, 0.05) is 5.54 Å². The normalized spacial score (nSPS) is 34.8. The molecule has 0 aromatic carbocycles. The van der Waals surface area contributed by atoms with Crippen LogP contribution in [0.5, 0.6) is 0 Å². The van der Waals surface area contributed by atoms with Gasteiger partial charge in [0.05, 0.1) is 0 Å². The van der Waals surface area contributed by atoms with Crippen LogP contribution in [0.25, 0.3) is 0 Å². The standard InChI is InChI=1S/C22H44B3N/c1-3-5-6-7-11-14-17-26-22(4-2)18-21(22,19-23)20-15-12-9-8-10-13-16-25(20)24-26/h20,24H,3-19,23H2,1-2H3. The Morgan fingerprint density at radius 1 is 1.00 bits per heavy atom. The molecule has 3 aliphatic rings. The van der Waals surface area contributed by atoms with Crippen molar-refractivity contribution < 1.29 is 0 Å². The van der Waals surface area contributed by atoms with E-state index in [1.54, 1.807) is 6.42 Å². The van der Waals surface area contributed by atoms with E-state index in [0.717, 1.165) is 12.4 Å². The van der Waals surface area contributed by atoms with Crippen LogP contribution in [0.4, 0.5) is 0 Å². The van der Waals surface area contributed by atoms with Crippen LogP contribution < -0.4 is 0 Å². The van der Waals surface area contributed by atoms with Crippen molar-refractivity contribution in [3.63, 3.8) is 0 Å². The number of nitrogens with zero attached hydrogens (tertiary/aromatic N) is 1. The summed E-state index contributed by atoms with van der Waals surface area (Å²) < 4.78 is 0. The summed E-state index contributed by atoms with van der Waals surface area (Å²) in [7, 11) is 3.96. The molecule has 4 heteroatoms. The Bertz CT molecular complexity index is 432. The van der Waals surface area contributed by atoms with E-state index in [1.807, 2.05) is 0 Å². The van der Waals surface area contributed by atoms with Crippen LogP contribution in [-0.2, 0) is 0 Å². The number of rotatable bonds is 9. The van der Waals surface area contributed by atoms with Gasteiger partial charge in [0.1, 0.15) is 14.4 Å². The topological polar surface area (TPSA) is 3.24 Å². The van der Waals surface area contributed by atoms with Crippen molar-refractivity contribution in [3.8, 4) is 0 Å². The van der Waals surface area contributed by atoms with E-state index in [4.69, 9.17) is 0 Å². The van der Waals surface area contributed by atoms with Crippen LogP contribution in [0, 0.1) is 5.41 Å². The van der Waals surface area contributed by atoms with Gasteiger partial charge in [0.2, 0.25) is 0 Å². The second-order valence-corrected chi connectivity index (χ2v) is 10.00. The molecule has 26 heavy (non-hydrogen) atoms. The second-order valence-electron chi connectivity index (χ2n) is 10.00. The van der Waals surface area contributed by atoms with Gasteiger partial charge in [-0.25, -0.2) is 0 Å². The number of unbranched alkanes of at least 4 members (excludes halogenated alkanes) is 5. The van der Waals surface area contributed by atoms with Crippen molar-refractivity contribution in [2.24, 2.45) is 5.41 Å². The van der Waals surface area contributed by atoms with E-state index in [0.29, 0.717) is 11.0 Å². The number of fused-ring (bicyclic) bond motifs is 3. The SMILES string of the molecule is BCC12CC1(CC)N(CCCCCCCC)BB1CCCCCCCC12. The van der Waals surface area contributed by atoms with Crippen molar-refractivity contribution in [3.05, 3.63) is 0 Å². The molecule has 0 spiro atoms. The summed E-state index contributed by atoms with van der Waals surface area (Å²) in [6, 6.07) is 0. The molecule has 3 unspecified atom stereocenters. The molecule has 3 atom stereocenters. The zero-order valence-electron chi connectivity index (χ0n) is 18.3. The van der Waals surface area contributed by atoms with E-state index < -0.39 is 0 Å². The monoisotopic (exact) mass is 355 g/mol. The Balaban J connectivity index is 1.64. The molecule has 1 saturated carbocycles. The van der Waals surface area contributed by atoms with E-state index in [9.17, 15) is 0 Å². The van der Waals surface area contributed by atoms with Crippen molar-refractivity contribution in [2.75, 3.05) is 6.54 Å². The first kappa shape index (κ1) is 20.9. The molecule has 0 aromatic rings. The van der Waals surface area contributed by atoms with Gasteiger partial charge in [-0.1, -0.05) is 103 Å². The summed E-state index contributed by atoms with van der Waals surface area (Å²) in [6.07, 6.45) is 23.6. The minimum atomic E-state index is 0.598. The third-order valence-electron chi connectivity index (χ3n) is 8.84. The number of hydrogen-bond donors (Lipinski definition) is 0. The van der Waals surface area contributed by atoms with Crippen molar-refractivity contribution >= 4 is 21.8 Å². The van der Waals surface area contributed by atoms with Gasteiger partial charge in [0.15, 0.2) is 7.31 Å². The highest BCUT2D eigenvalue weighted by Gasteiger charge is 2.73. The minimum absolute atomic E-state index is 0.598. The number of hydrogen-bond acceptors (Lipinski definition) is 1. The first-order chi connectivity index (χ1) is 12.7. The smallest absolute Gasteiger partial charge is 0.171 e. The summed E-state index contributed by atoms with van der Waals surface area (Å²) in [4.78, 5) is 3.04. The summed E-state index contributed by atoms with van der Waals surface area (Å²) in [6.45, 7) is 7.23. The summed E-state index contributed by atoms with van der Waals surface area (Å²) >= 11 is 0. The van der Waals surface area contributed by atoms with Crippen LogP contribution in [0.2, 0.25) is 18.5 Å². The van der Waals surface area contributed by atoms with E-state index in [1.165, 1.54) is 110 Å². The van der Waals surface area contributed by atoms with Gasteiger partial charge in [-0.2, -0.15) is 0 Å². The van der Waals surface area contributed by atoms with Gasteiger partial charge in [0.25, 0.3) is 0 Å². The Labute approximate surface area is 166 Å². The van der Waals surface area contributed by atoms with Crippen LogP contribution >= 0.6 is 0 Å². The summed E-state index contributed by atoms with van der Waals surface area (Å²) in [5.74, 6) is 1.05. The lowest BCUT2D eigenvalue weighted by Gasteiger charge is -2.48. The molecule has 1 nitrogen and oxygen atoms in total. The minimum Gasteiger partial charge on any atom is -0.347 e. The van der Waals surface area contributed by atoms with Crippen molar-refractivity contribution in [1.29, 1.82) is 0 Å². The van der Waals surface area contributed by atoms with E-state index >= 15 is 0 Å². The summed E-state index contributed by atoms with van der Waals surface area (Å²) in [5.41, 5.74) is 1.29. The highest BCUT2D eigenvalue weighted by molar-refractivity contribution is 7.12. The van der Waals surface area contributed by atoms with Crippen LogP contribution in [-0.4, -0.2) is 38.6 Å². The Morgan fingerprint density at radius 3 is 2.50 bits per heavy atom. The molecular weight excluding hydrogens is 311 g/mol. The Hall–Kier alpha value is 0.155. The van der Waals surface area contributed by atoms with Gasteiger partial charge >= 0.3 is 0 Å². The predicted molar refractivity (Wildman–Crippen MR) is 123 cm³/mol. The highest BCUT2D eigenvalue weighted by atomic mass is 15.2. The Kier molecular flexibility index (Phi) is 7.69. The quantitative estimate of drug-likeness (QED) is 0.400. The van der Waals surface area contributed by atoms with Gasteiger partial charge in [-0.15, -0.1) is 0 Å². The van der Waals surface area contributed by atoms with Crippen LogP contribution in [0.15, 0.2) is 0 Å². The van der Waals surface area contributed by atoms with Gasteiger partial charge in [-0.3, -0.25) is 0 Å². The molecule has 1 aliphatic carbocycles. The lowest BCUT2D eigenvalue weighted by Crippen LogP contribution is -2.58. The first-order valence-electron chi connectivity index (χ1n) is 12.5. The average Bonchev–Trinajstić information content (AvgIpc) is 3.33. The zero-order valence-corrected chi connectivity index (χ0v) is 18.3. The molecule has 2 aliphatic heterocycles. The molecule has 0 radical (unpaired) electrons. The molecule has 0 bridgehead atoms. The fourth-order valence-corrected chi connectivity index (χ4v) is 7.33. The fraction of sp³-hybridized carbons (Fsp3) is 1.00. The molecule has 0 N–H and O–H groups in total. The van der Waals surface area contributed by atoms with E-state index in [-0.39, 0.29) is 0 Å². The van der Waals surface area contributed by atoms with Crippen molar-refractivity contribution in [2.45, 2.75) is 128 Å². The lowest BCUT2D eigenvalue weighted by atomic mass is 9.15. The first-order valence-corrected chi connectivity index (χ1v) is 12.5. The molecule has 146 valence electrons. The third kappa shape index (κ3) is 3.96. The molecule has 0 aromatic heterocycles. The third-order valence-corrected chi connectivity index (χ3v) is 8.84. The maximum absolute atomic E-state index is 3.04. The van der Waals surface area contributed by atoms with Gasteiger partial charge < -0.3 is 4.81 Å². The lowest BCUT2D eigenvalue weighted by molar-refractivity contribution is 0.216. The zero-order chi connectivity index (χ0) is 18.5. The predicted octanol–water partition coefficient (Wildman–Crippen LogP) is 5.32. The molecule has 0 amide bonds. The average molecular weight is 355 g/mol. The van der Waals surface area contributed by atoms with E-state index in [2.05, 4.69) is 26.5 Å². The second kappa shape index (κ2) is 9.57. The Morgan fingerprint density at radius 2 is 1.73 bits per heavy atom. The fourth-order valence-electron chi connectivity index (χ4n) is 7.33.